The molecule has 0 radical (unpaired) electrons. The van der Waals surface area contributed by atoms with Crippen molar-refractivity contribution < 1.29 is 0 Å². The van der Waals surface area contributed by atoms with E-state index in [4.69, 9.17) is 28.9 Å². The molecule has 1 saturated heterocycles. The Morgan fingerprint density at radius 3 is 2.24 bits per heavy atom. The van der Waals surface area contributed by atoms with E-state index < -0.39 is 0 Å². The lowest BCUT2D eigenvalue weighted by atomic mass is 10.0. The van der Waals surface area contributed by atoms with Gasteiger partial charge < -0.3 is 5.73 Å². The second kappa shape index (κ2) is 6.05. The molecule has 1 aromatic carbocycles. The van der Waals surface area contributed by atoms with Gasteiger partial charge in [0.1, 0.15) is 0 Å². The monoisotopic (exact) mass is 272 g/mol. The molecule has 0 amide bonds. The minimum Gasteiger partial charge on any atom is -0.329 e. The van der Waals surface area contributed by atoms with Crippen LogP contribution in [0.1, 0.15) is 30.9 Å². The molecular formula is C13H18Cl2N2. The van der Waals surface area contributed by atoms with Crippen molar-refractivity contribution in [1.82, 2.24) is 4.90 Å². The Kier molecular flexibility index (Phi) is 4.69. The van der Waals surface area contributed by atoms with Crippen molar-refractivity contribution in [3.05, 3.63) is 33.8 Å². The molecule has 1 aliphatic heterocycles. The number of hydrogen-bond donors (Lipinski definition) is 1. The van der Waals surface area contributed by atoms with Crippen molar-refractivity contribution >= 4 is 23.2 Å². The van der Waals surface area contributed by atoms with E-state index in [1.807, 2.05) is 18.2 Å². The van der Waals surface area contributed by atoms with E-state index in [9.17, 15) is 0 Å². The summed E-state index contributed by atoms with van der Waals surface area (Å²) in [7, 11) is 0. The SMILES string of the molecule is NCC(c1c(Cl)cccc1Cl)N1CCCCC1. The smallest absolute Gasteiger partial charge is 0.0500 e. The molecule has 2 rings (SSSR count). The van der Waals surface area contributed by atoms with Gasteiger partial charge in [-0.05, 0) is 38.1 Å². The zero-order valence-electron chi connectivity index (χ0n) is 9.83. The van der Waals surface area contributed by atoms with Gasteiger partial charge in [-0.2, -0.15) is 0 Å². The minimum absolute atomic E-state index is 0.150. The van der Waals surface area contributed by atoms with E-state index in [1.54, 1.807) is 0 Å². The van der Waals surface area contributed by atoms with Gasteiger partial charge in [0.2, 0.25) is 0 Å². The lowest BCUT2D eigenvalue weighted by Gasteiger charge is -2.35. The first-order valence-electron chi connectivity index (χ1n) is 6.12. The van der Waals surface area contributed by atoms with E-state index in [0.29, 0.717) is 6.54 Å². The topological polar surface area (TPSA) is 29.3 Å². The van der Waals surface area contributed by atoms with Gasteiger partial charge in [0.15, 0.2) is 0 Å². The van der Waals surface area contributed by atoms with Crippen LogP contribution in [-0.4, -0.2) is 24.5 Å². The average molecular weight is 273 g/mol. The Hall–Kier alpha value is -0.280. The van der Waals surface area contributed by atoms with E-state index in [1.165, 1.54) is 19.3 Å². The highest BCUT2D eigenvalue weighted by molar-refractivity contribution is 6.36. The number of nitrogens with two attached hydrogens (primary N) is 1. The first-order valence-corrected chi connectivity index (χ1v) is 6.87. The Bertz CT molecular complexity index is 355. The third kappa shape index (κ3) is 2.94. The summed E-state index contributed by atoms with van der Waals surface area (Å²) in [5.41, 5.74) is 6.90. The van der Waals surface area contributed by atoms with Gasteiger partial charge in [-0.1, -0.05) is 35.7 Å². The number of likely N-dealkylation sites (tertiary alicyclic amines) is 1. The molecule has 17 heavy (non-hydrogen) atoms. The molecule has 1 unspecified atom stereocenters. The van der Waals surface area contributed by atoms with Crippen molar-refractivity contribution in [2.45, 2.75) is 25.3 Å². The largest absolute Gasteiger partial charge is 0.329 e. The van der Waals surface area contributed by atoms with Crippen LogP contribution in [-0.2, 0) is 0 Å². The van der Waals surface area contributed by atoms with Gasteiger partial charge in [0.05, 0.1) is 0 Å². The number of halogens is 2. The highest BCUT2D eigenvalue weighted by Crippen LogP contribution is 2.34. The molecule has 1 atom stereocenters. The van der Waals surface area contributed by atoms with Crippen LogP contribution in [0.5, 0.6) is 0 Å². The molecular weight excluding hydrogens is 255 g/mol. The molecule has 1 aliphatic rings. The molecule has 2 N–H and O–H groups in total. The Morgan fingerprint density at radius 2 is 1.71 bits per heavy atom. The molecule has 0 aliphatic carbocycles. The number of piperidine rings is 1. The van der Waals surface area contributed by atoms with Gasteiger partial charge >= 0.3 is 0 Å². The standard InChI is InChI=1S/C13H18Cl2N2/c14-10-5-4-6-11(15)13(10)12(9-16)17-7-2-1-3-8-17/h4-6,12H,1-3,7-9,16H2. The predicted molar refractivity (Wildman–Crippen MR) is 73.7 cm³/mol. The van der Waals surface area contributed by atoms with Gasteiger partial charge in [0.25, 0.3) is 0 Å². The second-order valence-electron chi connectivity index (χ2n) is 4.48. The van der Waals surface area contributed by atoms with Crippen molar-refractivity contribution in [1.29, 1.82) is 0 Å². The molecule has 1 fully saturated rings. The summed E-state index contributed by atoms with van der Waals surface area (Å²) in [4.78, 5) is 2.40. The molecule has 4 heteroatoms. The number of rotatable bonds is 3. The number of hydrogen-bond acceptors (Lipinski definition) is 2. The first kappa shape index (κ1) is 13.2. The van der Waals surface area contributed by atoms with Crippen LogP contribution < -0.4 is 5.73 Å². The van der Waals surface area contributed by atoms with Crippen LogP contribution in [0.15, 0.2) is 18.2 Å². The third-order valence-corrected chi connectivity index (χ3v) is 4.05. The fourth-order valence-corrected chi connectivity index (χ4v) is 3.16. The predicted octanol–water partition coefficient (Wildman–Crippen LogP) is 3.48. The number of benzene rings is 1. The van der Waals surface area contributed by atoms with Gasteiger partial charge in [-0.15, -0.1) is 0 Å². The Labute approximate surface area is 113 Å². The summed E-state index contributed by atoms with van der Waals surface area (Å²) < 4.78 is 0. The fourth-order valence-electron chi connectivity index (χ4n) is 2.51. The molecule has 1 heterocycles. The summed E-state index contributed by atoms with van der Waals surface area (Å²) in [6.07, 6.45) is 3.78. The molecule has 0 aromatic heterocycles. The van der Waals surface area contributed by atoms with Crippen molar-refractivity contribution in [2.24, 2.45) is 5.73 Å². The van der Waals surface area contributed by atoms with Gasteiger partial charge in [0, 0.05) is 28.2 Å². The van der Waals surface area contributed by atoms with Crippen LogP contribution in [0.4, 0.5) is 0 Å². The molecule has 1 aromatic rings. The molecule has 94 valence electrons. The van der Waals surface area contributed by atoms with Gasteiger partial charge in [-0.25, -0.2) is 0 Å². The summed E-state index contributed by atoms with van der Waals surface area (Å²) in [6, 6.07) is 5.79. The lowest BCUT2D eigenvalue weighted by molar-refractivity contribution is 0.167. The van der Waals surface area contributed by atoms with Gasteiger partial charge in [-0.3, -0.25) is 4.90 Å². The average Bonchev–Trinajstić information content (AvgIpc) is 2.35. The van der Waals surface area contributed by atoms with Crippen LogP contribution in [0.25, 0.3) is 0 Å². The second-order valence-corrected chi connectivity index (χ2v) is 5.30. The van der Waals surface area contributed by atoms with Crippen LogP contribution >= 0.6 is 23.2 Å². The quantitative estimate of drug-likeness (QED) is 0.913. The Morgan fingerprint density at radius 1 is 1.12 bits per heavy atom. The molecule has 0 bridgehead atoms. The zero-order chi connectivity index (χ0) is 12.3. The van der Waals surface area contributed by atoms with E-state index >= 15 is 0 Å². The van der Waals surface area contributed by atoms with Crippen LogP contribution in [0, 0.1) is 0 Å². The summed E-state index contributed by atoms with van der Waals surface area (Å²) in [6.45, 7) is 2.73. The fraction of sp³-hybridized carbons (Fsp3) is 0.538. The summed E-state index contributed by atoms with van der Waals surface area (Å²) in [5, 5.41) is 1.44. The molecule has 2 nitrogen and oxygen atoms in total. The van der Waals surface area contributed by atoms with E-state index in [-0.39, 0.29) is 6.04 Å². The van der Waals surface area contributed by atoms with Crippen LogP contribution in [0.3, 0.4) is 0 Å². The lowest BCUT2D eigenvalue weighted by Crippen LogP contribution is -2.37. The maximum absolute atomic E-state index is 6.26. The Balaban J connectivity index is 2.27. The maximum atomic E-state index is 6.26. The van der Waals surface area contributed by atoms with Crippen molar-refractivity contribution in [2.75, 3.05) is 19.6 Å². The maximum Gasteiger partial charge on any atom is 0.0500 e. The van der Waals surface area contributed by atoms with E-state index in [0.717, 1.165) is 28.7 Å². The normalized spacial score (nSPS) is 19.2. The zero-order valence-corrected chi connectivity index (χ0v) is 11.3. The molecule has 0 spiro atoms. The number of nitrogens with zero attached hydrogens (tertiary/aromatic N) is 1. The molecule has 0 saturated carbocycles. The van der Waals surface area contributed by atoms with Crippen molar-refractivity contribution in [3.8, 4) is 0 Å². The summed E-state index contributed by atoms with van der Waals surface area (Å²) >= 11 is 12.5. The highest BCUT2D eigenvalue weighted by atomic mass is 35.5. The summed E-state index contributed by atoms with van der Waals surface area (Å²) in [5.74, 6) is 0. The van der Waals surface area contributed by atoms with Crippen molar-refractivity contribution in [3.63, 3.8) is 0 Å². The third-order valence-electron chi connectivity index (χ3n) is 3.39. The van der Waals surface area contributed by atoms with Crippen LogP contribution in [0.2, 0.25) is 10.0 Å². The minimum atomic E-state index is 0.150. The highest BCUT2D eigenvalue weighted by Gasteiger charge is 2.24. The van der Waals surface area contributed by atoms with E-state index in [2.05, 4.69) is 4.90 Å². The first-order chi connectivity index (χ1) is 8.24.